The van der Waals surface area contributed by atoms with Crippen LogP contribution in [0.3, 0.4) is 0 Å². The van der Waals surface area contributed by atoms with Gasteiger partial charge in [-0.05, 0) is 36.2 Å². The van der Waals surface area contributed by atoms with Crippen LogP contribution in [0.2, 0.25) is 10.0 Å². The van der Waals surface area contributed by atoms with E-state index in [1.165, 1.54) is 0 Å². The van der Waals surface area contributed by atoms with Crippen molar-refractivity contribution in [1.29, 1.82) is 5.26 Å². The lowest BCUT2D eigenvalue weighted by Gasteiger charge is -2.15. The Bertz CT molecular complexity index is 649. The Morgan fingerprint density at radius 2 is 1.95 bits per heavy atom. The van der Waals surface area contributed by atoms with E-state index in [0.717, 1.165) is 11.1 Å². The Kier molecular flexibility index (Phi) is 4.89. The first kappa shape index (κ1) is 14.7. The molecule has 102 valence electrons. The quantitative estimate of drug-likeness (QED) is 0.808. The third-order valence-corrected chi connectivity index (χ3v) is 3.71. The predicted molar refractivity (Wildman–Crippen MR) is 81.5 cm³/mol. The first-order valence-corrected chi connectivity index (χ1v) is 6.87. The molecule has 0 aliphatic carbocycles. The van der Waals surface area contributed by atoms with Gasteiger partial charge in [-0.3, -0.25) is 0 Å². The molecule has 0 radical (unpaired) electrons. The topological polar surface area (TPSA) is 33.0 Å². The smallest absolute Gasteiger partial charge is 0.123 e. The summed E-state index contributed by atoms with van der Waals surface area (Å²) >= 11 is 12.2. The molecule has 1 unspecified atom stereocenters. The van der Waals surface area contributed by atoms with Crippen molar-refractivity contribution in [2.24, 2.45) is 0 Å². The van der Waals surface area contributed by atoms with Gasteiger partial charge in [-0.25, -0.2) is 0 Å². The highest BCUT2D eigenvalue weighted by atomic mass is 35.5. The van der Waals surface area contributed by atoms with Crippen molar-refractivity contribution in [1.82, 2.24) is 0 Å². The summed E-state index contributed by atoms with van der Waals surface area (Å²) in [5.41, 5.74) is 1.71. The van der Waals surface area contributed by atoms with E-state index in [2.05, 4.69) is 6.07 Å². The first-order valence-electron chi connectivity index (χ1n) is 6.12. The van der Waals surface area contributed by atoms with E-state index in [1.54, 1.807) is 25.3 Å². The van der Waals surface area contributed by atoms with Gasteiger partial charge in [0.1, 0.15) is 5.75 Å². The minimum atomic E-state index is -0.358. The van der Waals surface area contributed by atoms with Crippen LogP contribution in [0.15, 0.2) is 42.5 Å². The zero-order valence-corrected chi connectivity index (χ0v) is 12.4. The Balaban J connectivity index is 2.37. The molecular weight excluding hydrogens is 293 g/mol. The summed E-state index contributed by atoms with van der Waals surface area (Å²) in [6.07, 6.45) is 0.521. The second-order valence-corrected chi connectivity index (χ2v) is 5.21. The summed E-state index contributed by atoms with van der Waals surface area (Å²) in [4.78, 5) is 0. The number of methoxy groups -OCH3 is 1. The Labute approximate surface area is 128 Å². The number of ether oxygens (including phenoxy) is 1. The number of rotatable bonds is 4. The van der Waals surface area contributed by atoms with E-state index < -0.39 is 0 Å². The molecule has 0 spiro atoms. The Morgan fingerprint density at radius 1 is 1.20 bits per heavy atom. The highest BCUT2D eigenvalue weighted by Crippen LogP contribution is 2.32. The SMILES string of the molecule is COc1ccc(Cl)cc1C(C#N)Cc1ccccc1Cl. The predicted octanol–water partition coefficient (Wildman–Crippen LogP) is 4.85. The van der Waals surface area contributed by atoms with Gasteiger partial charge < -0.3 is 4.74 Å². The van der Waals surface area contributed by atoms with Gasteiger partial charge in [-0.2, -0.15) is 5.26 Å². The molecule has 20 heavy (non-hydrogen) atoms. The molecule has 0 aliphatic heterocycles. The van der Waals surface area contributed by atoms with Crippen LogP contribution in [-0.2, 0) is 6.42 Å². The molecule has 2 aromatic carbocycles. The van der Waals surface area contributed by atoms with Gasteiger partial charge in [0.05, 0.1) is 19.1 Å². The Hall–Kier alpha value is -1.69. The summed E-state index contributed by atoms with van der Waals surface area (Å²) in [5, 5.41) is 10.7. The summed E-state index contributed by atoms with van der Waals surface area (Å²) in [6.45, 7) is 0. The third-order valence-electron chi connectivity index (χ3n) is 3.10. The molecule has 0 heterocycles. The van der Waals surface area contributed by atoms with E-state index in [9.17, 15) is 5.26 Å². The largest absolute Gasteiger partial charge is 0.496 e. The van der Waals surface area contributed by atoms with Crippen molar-refractivity contribution >= 4 is 23.2 Å². The molecular formula is C16H13Cl2NO. The van der Waals surface area contributed by atoms with E-state index >= 15 is 0 Å². The van der Waals surface area contributed by atoms with Crippen LogP contribution in [-0.4, -0.2) is 7.11 Å². The number of halogens is 2. The van der Waals surface area contributed by atoms with E-state index in [0.29, 0.717) is 22.2 Å². The normalized spacial score (nSPS) is 11.7. The fourth-order valence-corrected chi connectivity index (χ4v) is 2.48. The minimum absolute atomic E-state index is 0.358. The number of benzene rings is 2. The molecule has 4 heteroatoms. The zero-order valence-electron chi connectivity index (χ0n) is 10.9. The molecule has 0 aliphatic rings. The number of hydrogen-bond acceptors (Lipinski definition) is 2. The van der Waals surface area contributed by atoms with Crippen LogP contribution in [0.25, 0.3) is 0 Å². The molecule has 2 aromatic rings. The maximum Gasteiger partial charge on any atom is 0.123 e. The van der Waals surface area contributed by atoms with Crippen molar-refractivity contribution in [2.75, 3.05) is 7.11 Å². The summed E-state index contributed by atoms with van der Waals surface area (Å²) < 4.78 is 5.31. The fourth-order valence-electron chi connectivity index (χ4n) is 2.09. The van der Waals surface area contributed by atoms with Crippen molar-refractivity contribution in [3.05, 3.63) is 63.6 Å². The van der Waals surface area contributed by atoms with Gasteiger partial charge in [0.15, 0.2) is 0 Å². The Morgan fingerprint density at radius 3 is 2.60 bits per heavy atom. The highest BCUT2D eigenvalue weighted by molar-refractivity contribution is 6.31. The summed E-state index contributed by atoms with van der Waals surface area (Å²) in [7, 11) is 1.58. The fraction of sp³-hybridized carbons (Fsp3) is 0.188. The van der Waals surface area contributed by atoms with Gasteiger partial charge in [0.2, 0.25) is 0 Å². The third kappa shape index (κ3) is 3.25. The highest BCUT2D eigenvalue weighted by Gasteiger charge is 2.18. The van der Waals surface area contributed by atoms with Gasteiger partial charge in [-0.15, -0.1) is 0 Å². The van der Waals surface area contributed by atoms with Crippen LogP contribution >= 0.6 is 23.2 Å². The van der Waals surface area contributed by atoms with Crippen molar-refractivity contribution in [3.8, 4) is 11.8 Å². The monoisotopic (exact) mass is 305 g/mol. The average molecular weight is 306 g/mol. The van der Waals surface area contributed by atoms with Crippen molar-refractivity contribution < 1.29 is 4.74 Å². The minimum Gasteiger partial charge on any atom is -0.496 e. The summed E-state index contributed by atoms with van der Waals surface area (Å²) in [5.74, 6) is 0.302. The maximum absolute atomic E-state index is 9.45. The molecule has 1 atom stereocenters. The van der Waals surface area contributed by atoms with Gasteiger partial charge in [0.25, 0.3) is 0 Å². The molecule has 0 bridgehead atoms. The first-order chi connectivity index (χ1) is 9.65. The average Bonchev–Trinajstić information content (AvgIpc) is 2.46. The lowest BCUT2D eigenvalue weighted by atomic mass is 9.92. The number of nitriles is 1. The van der Waals surface area contributed by atoms with Gasteiger partial charge in [0, 0.05) is 15.6 Å². The van der Waals surface area contributed by atoms with Crippen LogP contribution < -0.4 is 4.74 Å². The van der Waals surface area contributed by atoms with Crippen molar-refractivity contribution in [2.45, 2.75) is 12.3 Å². The lowest BCUT2D eigenvalue weighted by molar-refractivity contribution is 0.408. The van der Waals surface area contributed by atoms with E-state index in [-0.39, 0.29) is 5.92 Å². The second-order valence-electron chi connectivity index (χ2n) is 4.36. The zero-order chi connectivity index (χ0) is 14.5. The van der Waals surface area contributed by atoms with Crippen molar-refractivity contribution in [3.63, 3.8) is 0 Å². The standard InChI is InChI=1S/C16H13Cl2NO/c1-20-16-7-6-13(17)9-14(16)12(10-19)8-11-4-2-3-5-15(11)18/h2-7,9,12H,8H2,1H3. The molecule has 2 rings (SSSR count). The van der Waals surface area contributed by atoms with Crippen LogP contribution in [0, 0.1) is 11.3 Å². The lowest BCUT2D eigenvalue weighted by Crippen LogP contribution is -2.03. The van der Waals surface area contributed by atoms with Gasteiger partial charge >= 0.3 is 0 Å². The second kappa shape index (κ2) is 6.65. The molecule has 0 saturated carbocycles. The summed E-state index contributed by atoms with van der Waals surface area (Å²) in [6, 6.07) is 15.1. The van der Waals surface area contributed by atoms with Crippen LogP contribution in [0.5, 0.6) is 5.75 Å². The molecule has 0 fully saturated rings. The van der Waals surface area contributed by atoms with E-state index in [1.807, 2.05) is 24.3 Å². The van der Waals surface area contributed by atoms with E-state index in [4.69, 9.17) is 27.9 Å². The molecule has 2 nitrogen and oxygen atoms in total. The van der Waals surface area contributed by atoms with Crippen LogP contribution in [0.1, 0.15) is 17.0 Å². The molecule has 0 saturated heterocycles. The number of hydrogen-bond donors (Lipinski definition) is 0. The number of nitrogens with zero attached hydrogens (tertiary/aromatic N) is 1. The molecule has 0 N–H and O–H groups in total. The van der Waals surface area contributed by atoms with Gasteiger partial charge in [-0.1, -0.05) is 41.4 Å². The van der Waals surface area contributed by atoms with Crippen LogP contribution in [0.4, 0.5) is 0 Å². The molecule has 0 aromatic heterocycles. The maximum atomic E-state index is 9.45. The molecule has 0 amide bonds.